The molecule has 1 aliphatic heterocycles. The summed E-state index contributed by atoms with van der Waals surface area (Å²) in [6, 6.07) is 8.24. The van der Waals surface area contributed by atoms with E-state index in [4.69, 9.17) is 0 Å². The number of hydrogen-bond acceptors (Lipinski definition) is 4. The number of carbonyl (C=O) groups excluding carboxylic acids is 3. The van der Waals surface area contributed by atoms with Crippen molar-refractivity contribution in [2.45, 2.75) is 12.5 Å². The smallest absolute Gasteiger partial charge is 0.308 e. The van der Waals surface area contributed by atoms with Crippen LogP contribution in [-0.2, 0) is 19.1 Å². The Hall–Kier alpha value is -2.63. The molecule has 0 aromatic heterocycles. The number of ether oxygens (including phenoxy) is 1. The van der Waals surface area contributed by atoms with Crippen LogP contribution in [-0.4, -0.2) is 30.9 Å². The van der Waals surface area contributed by atoms with Gasteiger partial charge in [-0.1, -0.05) is 30.3 Å². The fourth-order valence-electron chi connectivity index (χ4n) is 1.79. The van der Waals surface area contributed by atoms with Crippen LogP contribution >= 0.6 is 0 Å². The molecule has 2 N–H and O–H groups in total. The highest BCUT2D eigenvalue weighted by Gasteiger charge is 2.31. The molecule has 6 nitrogen and oxygen atoms in total. The summed E-state index contributed by atoms with van der Waals surface area (Å²) in [4.78, 5) is 34.8. The third-order valence-electron chi connectivity index (χ3n) is 2.83. The first kappa shape index (κ1) is 13.8. The Morgan fingerprint density at radius 1 is 1.30 bits per heavy atom. The van der Waals surface area contributed by atoms with Gasteiger partial charge in [0.05, 0.1) is 13.5 Å². The zero-order valence-corrected chi connectivity index (χ0v) is 10.9. The summed E-state index contributed by atoms with van der Waals surface area (Å²) in [5.41, 5.74) is 0.951. The van der Waals surface area contributed by atoms with Crippen LogP contribution in [0.25, 0.3) is 6.08 Å². The molecule has 1 unspecified atom stereocenters. The van der Waals surface area contributed by atoms with E-state index < -0.39 is 23.8 Å². The molecule has 104 valence electrons. The van der Waals surface area contributed by atoms with Crippen LogP contribution in [0, 0.1) is 0 Å². The quantitative estimate of drug-likeness (QED) is 0.609. The first-order valence-electron chi connectivity index (χ1n) is 6.05. The first-order valence-corrected chi connectivity index (χ1v) is 6.05. The second-order valence-corrected chi connectivity index (χ2v) is 4.26. The molecular weight excluding hydrogens is 260 g/mol. The van der Waals surface area contributed by atoms with Crippen LogP contribution in [0.2, 0.25) is 0 Å². The number of amides is 2. The van der Waals surface area contributed by atoms with Crippen LogP contribution < -0.4 is 10.6 Å². The highest BCUT2D eigenvalue weighted by atomic mass is 16.5. The van der Waals surface area contributed by atoms with Gasteiger partial charge in [-0.3, -0.25) is 14.4 Å². The fourth-order valence-corrected chi connectivity index (χ4v) is 1.79. The molecule has 0 spiro atoms. The minimum absolute atomic E-state index is 0.155. The summed E-state index contributed by atoms with van der Waals surface area (Å²) in [6.45, 7) is 0. The normalized spacial score (nSPS) is 20.2. The minimum Gasteiger partial charge on any atom is -0.469 e. The Morgan fingerprint density at radius 3 is 2.65 bits per heavy atom. The molecule has 1 aromatic rings. The Kier molecular flexibility index (Phi) is 4.14. The van der Waals surface area contributed by atoms with E-state index in [9.17, 15) is 14.4 Å². The summed E-state index contributed by atoms with van der Waals surface area (Å²) >= 11 is 0. The molecule has 1 saturated heterocycles. The number of benzene rings is 1. The summed E-state index contributed by atoms with van der Waals surface area (Å²) in [6.07, 6.45) is 1.38. The van der Waals surface area contributed by atoms with Crippen molar-refractivity contribution in [3.63, 3.8) is 0 Å². The van der Waals surface area contributed by atoms with Crippen LogP contribution in [0.3, 0.4) is 0 Å². The lowest BCUT2D eigenvalue weighted by atomic mass is 10.1. The lowest BCUT2D eigenvalue weighted by Gasteiger charge is -2.24. The van der Waals surface area contributed by atoms with Crippen molar-refractivity contribution in [1.29, 1.82) is 0 Å². The van der Waals surface area contributed by atoms with Crippen LogP contribution in [0.4, 0.5) is 0 Å². The van der Waals surface area contributed by atoms with Crippen molar-refractivity contribution >= 4 is 23.9 Å². The van der Waals surface area contributed by atoms with Crippen molar-refractivity contribution < 1.29 is 19.1 Å². The van der Waals surface area contributed by atoms with Crippen LogP contribution in [0.15, 0.2) is 36.0 Å². The van der Waals surface area contributed by atoms with E-state index in [0.29, 0.717) is 0 Å². The average Bonchev–Trinajstić information content (AvgIpc) is 2.45. The molecule has 0 radical (unpaired) electrons. The lowest BCUT2D eigenvalue weighted by molar-refractivity contribution is -0.144. The van der Waals surface area contributed by atoms with Gasteiger partial charge in [-0.2, -0.15) is 0 Å². The molecular formula is C14H14N2O4. The van der Waals surface area contributed by atoms with E-state index in [-0.39, 0.29) is 12.1 Å². The summed E-state index contributed by atoms with van der Waals surface area (Å²) in [5.74, 6) is -1.42. The number of carbonyl (C=O) groups is 3. The van der Waals surface area contributed by atoms with E-state index in [1.54, 1.807) is 6.08 Å². The van der Waals surface area contributed by atoms with E-state index in [1.807, 2.05) is 30.3 Å². The largest absolute Gasteiger partial charge is 0.469 e. The fraction of sp³-hybridized carbons (Fsp3) is 0.214. The molecule has 2 rings (SSSR count). The molecule has 1 fully saturated rings. The molecule has 1 heterocycles. The molecule has 0 bridgehead atoms. The van der Waals surface area contributed by atoms with Gasteiger partial charge >= 0.3 is 5.97 Å². The number of esters is 1. The van der Waals surface area contributed by atoms with Gasteiger partial charge in [0, 0.05) is 0 Å². The summed E-state index contributed by atoms with van der Waals surface area (Å²) in [7, 11) is 1.23. The number of methoxy groups -OCH3 is 1. The topological polar surface area (TPSA) is 84.5 Å². The Bertz CT molecular complexity index is 566. The molecule has 0 aliphatic carbocycles. The standard InChI is InChI=1S/C14H14N2O4/c1-20-12(17)8-11-14(19)15-10(13(18)16-11)7-9-5-3-2-4-6-9/h2-7,11H,8H2,1H3,(H,15,19)(H,16,18). The van der Waals surface area contributed by atoms with Crippen LogP contribution in [0.5, 0.6) is 0 Å². The lowest BCUT2D eigenvalue weighted by Crippen LogP contribution is -2.55. The number of nitrogens with one attached hydrogen (secondary N) is 2. The van der Waals surface area contributed by atoms with E-state index in [2.05, 4.69) is 15.4 Å². The molecule has 20 heavy (non-hydrogen) atoms. The molecule has 2 amide bonds. The zero-order valence-electron chi connectivity index (χ0n) is 10.9. The highest BCUT2D eigenvalue weighted by Crippen LogP contribution is 2.09. The summed E-state index contributed by atoms with van der Waals surface area (Å²) < 4.78 is 4.47. The van der Waals surface area contributed by atoms with Gasteiger partial charge in [0.25, 0.3) is 5.91 Å². The Morgan fingerprint density at radius 2 is 2.00 bits per heavy atom. The molecule has 1 aromatic carbocycles. The highest BCUT2D eigenvalue weighted by molar-refractivity contribution is 6.08. The van der Waals surface area contributed by atoms with E-state index in [0.717, 1.165) is 5.56 Å². The Labute approximate surface area is 115 Å². The molecule has 0 saturated carbocycles. The average molecular weight is 274 g/mol. The van der Waals surface area contributed by atoms with E-state index >= 15 is 0 Å². The van der Waals surface area contributed by atoms with Gasteiger partial charge in [0.1, 0.15) is 11.7 Å². The predicted molar refractivity (Wildman–Crippen MR) is 71.1 cm³/mol. The maximum Gasteiger partial charge on any atom is 0.308 e. The van der Waals surface area contributed by atoms with Gasteiger partial charge in [0.2, 0.25) is 5.91 Å². The Balaban J connectivity index is 2.11. The van der Waals surface area contributed by atoms with Crippen molar-refractivity contribution in [2.75, 3.05) is 7.11 Å². The minimum atomic E-state index is -0.900. The van der Waals surface area contributed by atoms with Crippen molar-refractivity contribution in [3.8, 4) is 0 Å². The van der Waals surface area contributed by atoms with Gasteiger partial charge in [-0.15, -0.1) is 0 Å². The third-order valence-corrected chi connectivity index (χ3v) is 2.83. The summed E-state index contributed by atoms with van der Waals surface area (Å²) in [5, 5.41) is 4.98. The van der Waals surface area contributed by atoms with Gasteiger partial charge < -0.3 is 15.4 Å². The molecule has 1 aliphatic rings. The number of hydrogen-bond donors (Lipinski definition) is 2. The van der Waals surface area contributed by atoms with Crippen molar-refractivity contribution in [1.82, 2.24) is 10.6 Å². The number of rotatable bonds is 3. The first-order chi connectivity index (χ1) is 9.60. The van der Waals surface area contributed by atoms with Gasteiger partial charge in [0.15, 0.2) is 0 Å². The zero-order chi connectivity index (χ0) is 14.5. The van der Waals surface area contributed by atoms with Gasteiger partial charge in [-0.25, -0.2) is 0 Å². The number of piperazine rings is 1. The predicted octanol–water partition coefficient (Wildman–Crippen LogP) is 0.205. The van der Waals surface area contributed by atoms with E-state index in [1.165, 1.54) is 7.11 Å². The molecule has 6 heteroatoms. The molecule has 1 atom stereocenters. The second-order valence-electron chi connectivity index (χ2n) is 4.26. The maximum absolute atomic E-state index is 11.9. The third kappa shape index (κ3) is 3.23. The van der Waals surface area contributed by atoms with Crippen molar-refractivity contribution in [3.05, 3.63) is 41.6 Å². The van der Waals surface area contributed by atoms with Gasteiger partial charge in [-0.05, 0) is 11.6 Å². The van der Waals surface area contributed by atoms with Crippen molar-refractivity contribution in [2.24, 2.45) is 0 Å². The second kappa shape index (κ2) is 6.01. The SMILES string of the molecule is COC(=O)CC1NC(=O)C(=Cc2ccccc2)NC1=O. The maximum atomic E-state index is 11.9. The van der Waals surface area contributed by atoms with Crippen LogP contribution in [0.1, 0.15) is 12.0 Å². The monoisotopic (exact) mass is 274 g/mol.